The number of fused-ring (bicyclic) bond motifs is 1. The maximum atomic E-state index is 13.3. The van der Waals surface area contributed by atoms with Crippen molar-refractivity contribution in [1.29, 1.82) is 0 Å². The van der Waals surface area contributed by atoms with Crippen LogP contribution in [-0.4, -0.2) is 51.3 Å². The summed E-state index contributed by atoms with van der Waals surface area (Å²) in [5.41, 5.74) is 1.49. The van der Waals surface area contributed by atoms with Crippen molar-refractivity contribution in [3.8, 4) is 11.5 Å². The molecule has 0 radical (unpaired) electrons. The van der Waals surface area contributed by atoms with Crippen LogP contribution in [0.15, 0.2) is 42.5 Å². The zero-order valence-electron chi connectivity index (χ0n) is 17.4. The Morgan fingerprint density at radius 2 is 1.69 bits per heavy atom. The number of rotatable bonds is 9. The second-order valence-electron chi connectivity index (χ2n) is 6.93. The van der Waals surface area contributed by atoms with Crippen LogP contribution in [0.25, 0.3) is 10.2 Å². The maximum Gasteiger partial charge on any atom is 0.260 e. The van der Waals surface area contributed by atoms with Gasteiger partial charge in [-0.1, -0.05) is 11.3 Å². The molecule has 2 aromatic carbocycles. The lowest BCUT2D eigenvalue weighted by atomic mass is 10.2. The lowest BCUT2D eigenvalue weighted by molar-refractivity contribution is -0.856. The van der Waals surface area contributed by atoms with E-state index in [0.29, 0.717) is 30.5 Å². The van der Waals surface area contributed by atoms with E-state index in [1.807, 2.05) is 56.3 Å². The van der Waals surface area contributed by atoms with E-state index in [-0.39, 0.29) is 5.91 Å². The van der Waals surface area contributed by atoms with Crippen molar-refractivity contribution in [3.63, 3.8) is 0 Å². The van der Waals surface area contributed by atoms with Crippen molar-refractivity contribution < 1.29 is 19.2 Å². The first-order valence-corrected chi connectivity index (χ1v) is 10.7. The molecule has 0 saturated carbocycles. The van der Waals surface area contributed by atoms with Crippen molar-refractivity contribution in [2.24, 2.45) is 0 Å². The van der Waals surface area contributed by atoms with Gasteiger partial charge in [0, 0.05) is 5.56 Å². The Balaban J connectivity index is 1.91. The predicted molar refractivity (Wildman–Crippen MR) is 118 cm³/mol. The first-order chi connectivity index (χ1) is 14.0. The fourth-order valence-corrected chi connectivity index (χ4v) is 3.92. The summed E-state index contributed by atoms with van der Waals surface area (Å²) in [5, 5.41) is 0.703. The summed E-state index contributed by atoms with van der Waals surface area (Å²) < 4.78 is 12.1. The van der Waals surface area contributed by atoms with Crippen LogP contribution in [0.3, 0.4) is 0 Å². The number of anilines is 1. The third-order valence-corrected chi connectivity index (χ3v) is 5.42. The molecule has 7 heteroatoms. The molecule has 154 valence electrons. The molecule has 0 fully saturated rings. The van der Waals surface area contributed by atoms with E-state index in [1.54, 1.807) is 4.90 Å². The zero-order chi connectivity index (χ0) is 20.8. The number of ether oxygens (including phenoxy) is 2. The molecule has 0 aliphatic carbocycles. The number of amides is 1. The van der Waals surface area contributed by atoms with Crippen molar-refractivity contribution in [3.05, 3.63) is 48.0 Å². The van der Waals surface area contributed by atoms with E-state index in [0.717, 1.165) is 28.3 Å². The van der Waals surface area contributed by atoms with Crippen molar-refractivity contribution in [2.45, 2.75) is 13.8 Å². The molecule has 1 aromatic heterocycles. The highest BCUT2D eigenvalue weighted by Gasteiger charge is 2.22. The first-order valence-electron chi connectivity index (χ1n) is 9.89. The molecule has 0 bridgehead atoms. The Labute approximate surface area is 175 Å². The molecule has 3 rings (SSSR count). The Morgan fingerprint density at radius 3 is 2.34 bits per heavy atom. The van der Waals surface area contributed by atoms with Crippen LogP contribution < -0.4 is 19.3 Å². The summed E-state index contributed by atoms with van der Waals surface area (Å²) in [6, 6.07) is 13.1. The standard InChI is InChI=1S/C22H27N3O3S/c1-5-27-17-9-7-16(8-10-17)21(26)25(14-13-24(3)4)22-23-19-12-11-18(28-6-2)15-20(19)29-22/h7-12,15H,5-6,13-14H2,1-4H3/p+1. The van der Waals surface area contributed by atoms with Crippen molar-refractivity contribution in [2.75, 3.05) is 45.3 Å². The van der Waals surface area contributed by atoms with Gasteiger partial charge in [-0.05, 0) is 56.3 Å². The van der Waals surface area contributed by atoms with Crippen LogP contribution in [-0.2, 0) is 0 Å². The molecular formula is C22H28N3O3S+. The van der Waals surface area contributed by atoms with Crippen LogP contribution >= 0.6 is 11.3 Å². The molecule has 0 atom stereocenters. The number of benzene rings is 2. The number of hydrogen-bond acceptors (Lipinski definition) is 5. The topological polar surface area (TPSA) is 56.1 Å². The SMILES string of the molecule is CCOc1ccc(C(=O)N(CC[NH+](C)C)c2nc3ccc(OCC)cc3s2)cc1. The summed E-state index contributed by atoms with van der Waals surface area (Å²) in [5.74, 6) is 1.52. The van der Waals surface area contributed by atoms with Gasteiger partial charge >= 0.3 is 0 Å². The fraction of sp³-hybridized carbons (Fsp3) is 0.364. The van der Waals surface area contributed by atoms with Crippen molar-refractivity contribution >= 4 is 32.6 Å². The number of quaternary nitrogens is 1. The predicted octanol–water partition coefficient (Wildman–Crippen LogP) is 2.89. The van der Waals surface area contributed by atoms with Crippen LogP contribution in [0, 0.1) is 0 Å². The van der Waals surface area contributed by atoms with Gasteiger partial charge < -0.3 is 14.4 Å². The van der Waals surface area contributed by atoms with E-state index in [4.69, 9.17) is 14.5 Å². The minimum Gasteiger partial charge on any atom is -0.494 e. The van der Waals surface area contributed by atoms with E-state index in [2.05, 4.69) is 14.1 Å². The molecule has 29 heavy (non-hydrogen) atoms. The van der Waals surface area contributed by atoms with Gasteiger partial charge in [-0.2, -0.15) is 0 Å². The van der Waals surface area contributed by atoms with Gasteiger partial charge in [-0.25, -0.2) is 4.98 Å². The van der Waals surface area contributed by atoms with Crippen LogP contribution in [0.1, 0.15) is 24.2 Å². The Bertz CT molecular complexity index is 954. The third kappa shape index (κ3) is 5.25. The van der Waals surface area contributed by atoms with Gasteiger partial charge in [0.05, 0.1) is 50.6 Å². The summed E-state index contributed by atoms with van der Waals surface area (Å²) >= 11 is 1.51. The minimum atomic E-state index is -0.0570. The monoisotopic (exact) mass is 414 g/mol. The highest BCUT2D eigenvalue weighted by Crippen LogP contribution is 2.32. The molecule has 1 heterocycles. The molecule has 3 aromatic rings. The number of nitrogens with one attached hydrogen (secondary N) is 1. The Morgan fingerprint density at radius 1 is 1.03 bits per heavy atom. The van der Waals surface area contributed by atoms with Gasteiger partial charge in [0.1, 0.15) is 11.5 Å². The average Bonchev–Trinajstić information content (AvgIpc) is 3.12. The summed E-state index contributed by atoms with van der Waals surface area (Å²) in [6.07, 6.45) is 0. The molecular weight excluding hydrogens is 386 g/mol. The zero-order valence-corrected chi connectivity index (χ0v) is 18.2. The average molecular weight is 415 g/mol. The van der Waals surface area contributed by atoms with Crippen molar-refractivity contribution in [1.82, 2.24) is 4.98 Å². The Kier molecular flexibility index (Phi) is 7.06. The molecule has 0 unspecified atom stereocenters. The number of carbonyl (C=O) groups is 1. The Hall–Kier alpha value is -2.64. The van der Waals surface area contributed by atoms with Gasteiger partial charge in [-0.15, -0.1) is 0 Å². The van der Waals surface area contributed by atoms with Crippen LogP contribution in [0.5, 0.6) is 11.5 Å². The van der Waals surface area contributed by atoms with Crippen LogP contribution in [0.2, 0.25) is 0 Å². The number of carbonyl (C=O) groups excluding carboxylic acids is 1. The molecule has 1 amide bonds. The van der Waals surface area contributed by atoms with Gasteiger partial charge in [0.2, 0.25) is 0 Å². The summed E-state index contributed by atoms with van der Waals surface area (Å²) in [4.78, 5) is 21.1. The maximum absolute atomic E-state index is 13.3. The van der Waals surface area contributed by atoms with E-state index in [9.17, 15) is 4.79 Å². The number of nitrogens with zero attached hydrogens (tertiary/aromatic N) is 2. The summed E-state index contributed by atoms with van der Waals surface area (Å²) in [7, 11) is 4.15. The lowest BCUT2D eigenvalue weighted by Gasteiger charge is -2.20. The number of likely N-dealkylation sites (N-methyl/N-ethyl adjacent to an activating group) is 1. The highest BCUT2D eigenvalue weighted by molar-refractivity contribution is 7.22. The van der Waals surface area contributed by atoms with Gasteiger partial charge in [-0.3, -0.25) is 9.69 Å². The molecule has 0 aliphatic rings. The second kappa shape index (κ2) is 9.71. The molecule has 0 spiro atoms. The number of thiazole rings is 1. The minimum absolute atomic E-state index is 0.0570. The van der Waals surface area contributed by atoms with Gasteiger partial charge in [0.25, 0.3) is 5.91 Å². The van der Waals surface area contributed by atoms with E-state index < -0.39 is 0 Å². The van der Waals surface area contributed by atoms with E-state index in [1.165, 1.54) is 16.2 Å². The molecule has 1 N–H and O–H groups in total. The lowest BCUT2D eigenvalue weighted by Crippen LogP contribution is -3.06. The van der Waals surface area contributed by atoms with Gasteiger partial charge in [0.15, 0.2) is 5.13 Å². The quantitative estimate of drug-likeness (QED) is 0.585. The number of hydrogen-bond donors (Lipinski definition) is 1. The normalized spacial score (nSPS) is 11.1. The number of aromatic nitrogens is 1. The molecule has 6 nitrogen and oxygen atoms in total. The van der Waals surface area contributed by atoms with Crippen LogP contribution in [0.4, 0.5) is 5.13 Å². The highest BCUT2D eigenvalue weighted by atomic mass is 32.1. The molecule has 0 aliphatic heterocycles. The third-order valence-electron chi connectivity index (χ3n) is 4.38. The molecule has 0 saturated heterocycles. The smallest absolute Gasteiger partial charge is 0.260 e. The largest absolute Gasteiger partial charge is 0.494 e. The second-order valence-corrected chi connectivity index (χ2v) is 7.94. The summed E-state index contributed by atoms with van der Waals surface area (Å²) in [6.45, 7) is 6.53. The first kappa shape index (κ1) is 21.1. The van der Waals surface area contributed by atoms with E-state index >= 15 is 0 Å². The fourth-order valence-electron chi connectivity index (χ4n) is 2.90.